The van der Waals surface area contributed by atoms with Crippen molar-refractivity contribution >= 4 is 11.6 Å². The van der Waals surface area contributed by atoms with E-state index in [1.807, 2.05) is 24.3 Å². The Hall–Kier alpha value is -1.43. The molecule has 112 valence electrons. The summed E-state index contributed by atoms with van der Waals surface area (Å²) >= 11 is 6.17. The highest BCUT2D eigenvalue weighted by atomic mass is 35.5. The molecule has 1 N–H and O–H groups in total. The summed E-state index contributed by atoms with van der Waals surface area (Å²) in [5.74, 6) is 1.30. The van der Waals surface area contributed by atoms with Crippen LogP contribution >= 0.6 is 11.6 Å². The molecule has 0 saturated carbocycles. The fourth-order valence-electron chi connectivity index (χ4n) is 2.74. The van der Waals surface area contributed by atoms with E-state index >= 15 is 0 Å². The first-order valence-corrected chi connectivity index (χ1v) is 7.37. The molecule has 21 heavy (non-hydrogen) atoms. The highest BCUT2D eigenvalue weighted by molar-refractivity contribution is 6.31. The molecule has 1 fully saturated rings. The third kappa shape index (κ3) is 2.95. The smallest absolute Gasteiger partial charge is 0.236 e. The third-order valence-corrected chi connectivity index (χ3v) is 4.26. The van der Waals surface area contributed by atoms with Crippen molar-refractivity contribution in [3.8, 4) is 0 Å². The van der Waals surface area contributed by atoms with Gasteiger partial charge in [0.1, 0.15) is 0 Å². The van der Waals surface area contributed by atoms with Crippen LogP contribution in [0.1, 0.15) is 23.7 Å². The molecule has 1 saturated heterocycles. The molecule has 1 aromatic carbocycles. The SMILES string of the molecule is COCC1(c2nc(Cc3ccccc3Cl)no2)CCNC1. The molecule has 1 aliphatic rings. The molecule has 0 spiro atoms. The number of halogens is 1. The molecule has 2 heterocycles. The van der Waals surface area contributed by atoms with Gasteiger partial charge in [-0.25, -0.2) is 0 Å². The van der Waals surface area contributed by atoms with Gasteiger partial charge in [-0.15, -0.1) is 0 Å². The molecular weight excluding hydrogens is 290 g/mol. The second-order valence-electron chi connectivity index (χ2n) is 5.42. The van der Waals surface area contributed by atoms with E-state index in [1.54, 1.807) is 7.11 Å². The molecule has 0 aliphatic carbocycles. The number of nitrogens with zero attached hydrogens (tertiary/aromatic N) is 2. The van der Waals surface area contributed by atoms with Crippen molar-refractivity contribution < 1.29 is 9.26 Å². The fraction of sp³-hybridized carbons (Fsp3) is 0.467. The van der Waals surface area contributed by atoms with Crippen LogP contribution in [0.15, 0.2) is 28.8 Å². The zero-order valence-corrected chi connectivity index (χ0v) is 12.7. The van der Waals surface area contributed by atoms with Gasteiger partial charge in [0.15, 0.2) is 5.82 Å². The monoisotopic (exact) mass is 307 g/mol. The van der Waals surface area contributed by atoms with Gasteiger partial charge >= 0.3 is 0 Å². The molecule has 0 radical (unpaired) electrons. The van der Waals surface area contributed by atoms with Crippen LogP contribution in [-0.4, -0.2) is 36.9 Å². The summed E-state index contributed by atoms with van der Waals surface area (Å²) in [6.07, 6.45) is 1.51. The molecule has 2 aromatic rings. The summed E-state index contributed by atoms with van der Waals surface area (Å²) in [4.78, 5) is 4.56. The molecule has 0 bridgehead atoms. The van der Waals surface area contributed by atoms with Gasteiger partial charge < -0.3 is 14.6 Å². The predicted molar refractivity (Wildman–Crippen MR) is 79.6 cm³/mol. The Kier molecular flexibility index (Phi) is 4.24. The van der Waals surface area contributed by atoms with Crippen molar-refractivity contribution in [3.05, 3.63) is 46.6 Å². The maximum atomic E-state index is 6.17. The first kappa shape index (κ1) is 14.5. The summed E-state index contributed by atoms with van der Waals surface area (Å²) < 4.78 is 10.8. The minimum atomic E-state index is -0.208. The van der Waals surface area contributed by atoms with Crippen LogP contribution in [0.5, 0.6) is 0 Å². The standard InChI is InChI=1S/C15H18ClN3O2/c1-20-10-15(6-7-17-9-15)14-18-13(19-21-14)8-11-4-2-3-5-12(11)16/h2-5,17H,6-10H2,1H3. The minimum Gasteiger partial charge on any atom is -0.384 e. The van der Waals surface area contributed by atoms with E-state index in [-0.39, 0.29) is 5.41 Å². The highest BCUT2D eigenvalue weighted by Gasteiger charge is 2.41. The van der Waals surface area contributed by atoms with Crippen molar-refractivity contribution in [1.29, 1.82) is 0 Å². The fourth-order valence-corrected chi connectivity index (χ4v) is 2.94. The zero-order chi connectivity index (χ0) is 14.7. The second kappa shape index (κ2) is 6.13. The van der Waals surface area contributed by atoms with Crippen LogP contribution in [0.3, 0.4) is 0 Å². The van der Waals surface area contributed by atoms with Crippen molar-refractivity contribution in [2.75, 3.05) is 26.8 Å². The van der Waals surface area contributed by atoms with E-state index in [0.717, 1.165) is 30.1 Å². The van der Waals surface area contributed by atoms with Gasteiger partial charge in [0.2, 0.25) is 5.89 Å². The Morgan fingerprint density at radius 1 is 1.43 bits per heavy atom. The molecule has 0 amide bonds. The van der Waals surface area contributed by atoms with Gasteiger partial charge in [-0.1, -0.05) is 35.0 Å². The van der Waals surface area contributed by atoms with Crippen LogP contribution in [0.4, 0.5) is 0 Å². The van der Waals surface area contributed by atoms with Crippen molar-refractivity contribution in [1.82, 2.24) is 15.5 Å². The first-order valence-electron chi connectivity index (χ1n) is 7.00. The largest absolute Gasteiger partial charge is 0.384 e. The maximum absolute atomic E-state index is 6.17. The lowest BCUT2D eigenvalue weighted by Crippen LogP contribution is -2.34. The zero-order valence-electron chi connectivity index (χ0n) is 11.9. The average molecular weight is 308 g/mol. The number of ether oxygens (including phenoxy) is 1. The van der Waals surface area contributed by atoms with E-state index < -0.39 is 0 Å². The maximum Gasteiger partial charge on any atom is 0.236 e. The summed E-state index contributed by atoms with van der Waals surface area (Å²) in [5, 5.41) is 8.15. The quantitative estimate of drug-likeness (QED) is 0.917. The van der Waals surface area contributed by atoms with Crippen molar-refractivity contribution in [3.63, 3.8) is 0 Å². The van der Waals surface area contributed by atoms with Crippen LogP contribution in [0.25, 0.3) is 0 Å². The highest BCUT2D eigenvalue weighted by Crippen LogP contribution is 2.30. The number of nitrogens with one attached hydrogen (secondary N) is 1. The number of methoxy groups -OCH3 is 1. The van der Waals surface area contributed by atoms with Crippen LogP contribution < -0.4 is 5.32 Å². The lowest BCUT2D eigenvalue weighted by atomic mass is 9.88. The number of hydrogen-bond acceptors (Lipinski definition) is 5. The lowest BCUT2D eigenvalue weighted by molar-refractivity contribution is 0.117. The number of benzene rings is 1. The van der Waals surface area contributed by atoms with Gasteiger partial charge in [0, 0.05) is 25.1 Å². The van der Waals surface area contributed by atoms with Gasteiger partial charge in [0.05, 0.1) is 12.0 Å². The van der Waals surface area contributed by atoms with E-state index in [2.05, 4.69) is 15.5 Å². The van der Waals surface area contributed by atoms with E-state index in [1.165, 1.54) is 0 Å². The summed E-state index contributed by atoms with van der Waals surface area (Å²) in [7, 11) is 1.70. The van der Waals surface area contributed by atoms with E-state index in [9.17, 15) is 0 Å². The summed E-state index contributed by atoms with van der Waals surface area (Å²) in [6.45, 7) is 2.31. The molecule has 5 nitrogen and oxygen atoms in total. The van der Waals surface area contributed by atoms with Crippen LogP contribution in [-0.2, 0) is 16.6 Å². The Morgan fingerprint density at radius 2 is 2.29 bits per heavy atom. The number of hydrogen-bond donors (Lipinski definition) is 1. The van der Waals surface area contributed by atoms with Gasteiger partial charge in [-0.3, -0.25) is 0 Å². The average Bonchev–Trinajstić information content (AvgIpc) is 3.12. The number of aromatic nitrogens is 2. The number of rotatable bonds is 5. The topological polar surface area (TPSA) is 60.2 Å². The Bertz CT molecular complexity index is 608. The Labute approximate surface area is 128 Å². The van der Waals surface area contributed by atoms with Crippen molar-refractivity contribution in [2.24, 2.45) is 0 Å². The molecule has 6 heteroatoms. The predicted octanol–water partition coefficient (Wildman–Crippen LogP) is 2.19. The first-order chi connectivity index (χ1) is 10.2. The van der Waals surface area contributed by atoms with E-state index in [0.29, 0.717) is 24.7 Å². The Balaban J connectivity index is 1.81. The summed E-state index contributed by atoms with van der Waals surface area (Å²) in [6, 6.07) is 7.70. The third-order valence-electron chi connectivity index (χ3n) is 3.89. The molecule has 3 rings (SSSR count). The van der Waals surface area contributed by atoms with Gasteiger partial charge in [-0.05, 0) is 24.6 Å². The molecule has 1 unspecified atom stereocenters. The molecule has 1 aliphatic heterocycles. The summed E-state index contributed by atoms with van der Waals surface area (Å²) in [5.41, 5.74) is 0.789. The van der Waals surface area contributed by atoms with Crippen molar-refractivity contribution in [2.45, 2.75) is 18.3 Å². The van der Waals surface area contributed by atoms with Crippen LogP contribution in [0, 0.1) is 0 Å². The molecular formula is C15H18ClN3O2. The Morgan fingerprint density at radius 3 is 3.00 bits per heavy atom. The van der Waals surface area contributed by atoms with Gasteiger partial charge in [0.25, 0.3) is 0 Å². The molecule has 1 aromatic heterocycles. The molecule has 1 atom stereocenters. The minimum absolute atomic E-state index is 0.208. The van der Waals surface area contributed by atoms with E-state index in [4.69, 9.17) is 20.9 Å². The second-order valence-corrected chi connectivity index (χ2v) is 5.83. The van der Waals surface area contributed by atoms with Gasteiger partial charge in [-0.2, -0.15) is 4.98 Å². The lowest BCUT2D eigenvalue weighted by Gasteiger charge is -2.22. The normalized spacial score (nSPS) is 21.8. The van der Waals surface area contributed by atoms with Crippen LogP contribution in [0.2, 0.25) is 5.02 Å².